The fourth-order valence-electron chi connectivity index (χ4n) is 2.99. The summed E-state index contributed by atoms with van der Waals surface area (Å²) >= 11 is 0. The van der Waals surface area contributed by atoms with Gasteiger partial charge in [0, 0.05) is 5.70 Å². The second-order valence-corrected chi connectivity index (χ2v) is 5.49. The predicted molar refractivity (Wildman–Crippen MR) is 88.2 cm³/mol. The third kappa shape index (κ3) is 1.96. The first-order chi connectivity index (χ1) is 10.8. The Labute approximate surface area is 129 Å². The van der Waals surface area contributed by atoms with Gasteiger partial charge >= 0.3 is 0 Å². The van der Waals surface area contributed by atoms with Gasteiger partial charge in [0.2, 0.25) is 5.95 Å². The molecule has 0 aliphatic carbocycles. The molecular weight excluding hydrogens is 274 g/mol. The summed E-state index contributed by atoms with van der Waals surface area (Å²) in [6.07, 6.45) is 2.23. The maximum Gasteiger partial charge on any atom is 0.208 e. The molecule has 1 atom stereocenters. The standard InChI is InChI=1S/C18H17N3O/c1-12-11-17(13-7-9-14(22-2)10-8-13)21-16-6-4-3-5-15(16)20-18(21)19-12/h3-11,17H,1-2H3,(H,19,20)/t17-/m1/s1. The number of rotatable bonds is 2. The van der Waals surface area contributed by atoms with Crippen LogP contribution in [-0.2, 0) is 0 Å². The average Bonchev–Trinajstić information content (AvgIpc) is 2.92. The second kappa shape index (κ2) is 4.91. The number of fused-ring (bicyclic) bond motifs is 3. The van der Waals surface area contributed by atoms with Crippen molar-refractivity contribution in [3.8, 4) is 5.75 Å². The molecule has 3 aromatic rings. The molecule has 1 aliphatic rings. The SMILES string of the molecule is COc1ccc([C@H]2C=C(C)Nc3nc4ccccc4n32)cc1. The normalized spacial score (nSPS) is 16.8. The van der Waals surface area contributed by atoms with Crippen LogP contribution < -0.4 is 10.1 Å². The Kier molecular flexibility index (Phi) is 2.89. The quantitative estimate of drug-likeness (QED) is 0.776. The van der Waals surface area contributed by atoms with Crippen molar-refractivity contribution in [1.29, 1.82) is 0 Å². The fourth-order valence-corrected chi connectivity index (χ4v) is 2.99. The van der Waals surface area contributed by atoms with Gasteiger partial charge in [-0.25, -0.2) is 4.98 Å². The van der Waals surface area contributed by atoms with Crippen LogP contribution in [0.25, 0.3) is 11.0 Å². The molecule has 4 heteroatoms. The smallest absolute Gasteiger partial charge is 0.208 e. The summed E-state index contributed by atoms with van der Waals surface area (Å²) in [4.78, 5) is 4.70. The van der Waals surface area contributed by atoms with E-state index in [1.807, 2.05) is 30.3 Å². The van der Waals surface area contributed by atoms with E-state index in [1.165, 1.54) is 5.56 Å². The molecule has 0 saturated heterocycles. The molecule has 0 bridgehead atoms. The molecule has 0 saturated carbocycles. The number of imidazole rings is 1. The molecule has 1 aliphatic heterocycles. The van der Waals surface area contributed by atoms with Crippen molar-refractivity contribution in [3.05, 3.63) is 65.9 Å². The Morgan fingerprint density at radius 1 is 1.09 bits per heavy atom. The van der Waals surface area contributed by atoms with E-state index in [1.54, 1.807) is 7.11 Å². The highest BCUT2D eigenvalue weighted by molar-refractivity contribution is 5.80. The Morgan fingerprint density at radius 3 is 2.64 bits per heavy atom. The Balaban J connectivity index is 1.89. The average molecular weight is 291 g/mol. The maximum absolute atomic E-state index is 5.26. The first-order valence-corrected chi connectivity index (χ1v) is 7.32. The van der Waals surface area contributed by atoms with Crippen LogP contribution in [0.4, 0.5) is 5.95 Å². The molecule has 1 N–H and O–H groups in total. The van der Waals surface area contributed by atoms with Gasteiger partial charge in [-0.1, -0.05) is 24.3 Å². The molecule has 2 heterocycles. The van der Waals surface area contributed by atoms with Crippen molar-refractivity contribution in [2.75, 3.05) is 12.4 Å². The summed E-state index contributed by atoms with van der Waals surface area (Å²) in [6, 6.07) is 16.6. The van der Waals surface area contributed by atoms with Gasteiger partial charge in [-0.05, 0) is 42.8 Å². The van der Waals surface area contributed by atoms with E-state index in [4.69, 9.17) is 9.72 Å². The Bertz CT molecular complexity index is 862. The van der Waals surface area contributed by atoms with E-state index in [9.17, 15) is 0 Å². The molecule has 4 nitrogen and oxygen atoms in total. The molecule has 2 aromatic carbocycles. The molecule has 0 fully saturated rings. The minimum absolute atomic E-state index is 0.134. The molecule has 0 spiro atoms. The number of nitrogens with one attached hydrogen (secondary N) is 1. The summed E-state index contributed by atoms with van der Waals surface area (Å²) in [5.74, 6) is 1.76. The van der Waals surface area contributed by atoms with Crippen LogP contribution >= 0.6 is 0 Å². The third-order valence-electron chi connectivity index (χ3n) is 4.05. The summed E-state index contributed by atoms with van der Waals surface area (Å²) in [7, 11) is 1.69. The number of anilines is 1. The second-order valence-electron chi connectivity index (χ2n) is 5.49. The highest BCUT2D eigenvalue weighted by atomic mass is 16.5. The van der Waals surface area contributed by atoms with Gasteiger partial charge in [0.1, 0.15) is 5.75 Å². The van der Waals surface area contributed by atoms with E-state index in [2.05, 4.69) is 41.1 Å². The summed E-state index contributed by atoms with van der Waals surface area (Å²) in [5.41, 5.74) is 4.47. The van der Waals surface area contributed by atoms with Crippen molar-refractivity contribution < 1.29 is 4.74 Å². The molecule has 0 unspecified atom stereocenters. The molecule has 110 valence electrons. The first kappa shape index (κ1) is 13.0. The lowest BCUT2D eigenvalue weighted by atomic mass is 10.0. The number of hydrogen-bond donors (Lipinski definition) is 1. The number of nitrogens with zero attached hydrogens (tertiary/aromatic N) is 2. The molecule has 0 radical (unpaired) electrons. The number of hydrogen-bond acceptors (Lipinski definition) is 3. The zero-order valence-electron chi connectivity index (χ0n) is 12.6. The summed E-state index contributed by atoms with van der Waals surface area (Å²) < 4.78 is 7.50. The lowest BCUT2D eigenvalue weighted by Gasteiger charge is -2.25. The van der Waals surface area contributed by atoms with Gasteiger partial charge < -0.3 is 10.1 Å². The van der Waals surface area contributed by atoms with E-state index in [0.29, 0.717) is 0 Å². The van der Waals surface area contributed by atoms with Crippen LogP contribution in [0.3, 0.4) is 0 Å². The largest absolute Gasteiger partial charge is 0.497 e. The lowest BCUT2D eigenvalue weighted by Crippen LogP contribution is -2.18. The number of aromatic nitrogens is 2. The molecule has 1 aromatic heterocycles. The van der Waals surface area contributed by atoms with Gasteiger partial charge in [-0.2, -0.15) is 0 Å². The lowest BCUT2D eigenvalue weighted by molar-refractivity contribution is 0.414. The van der Waals surface area contributed by atoms with E-state index < -0.39 is 0 Å². The zero-order chi connectivity index (χ0) is 15.1. The highest BCUT2D eigenvalue weighted by Crippen LogP contribution is 2.34. The number of allylic oxidation sites excluding steroid dienone is 2. The van der Waals surface area contributed by atoms with Crippen molar-refractivity contribution in [3.63, 3.8) is 0 Å². The van der Waals surface area contributed by atoms with Crippen molar-refractivity contribution in [2.24, 2.45) is 0 Å². The number of ether oxygens (including phenoxy) is 1. The third-order valence-corrected chi connectivity index (χ3v) is 4.05. The molecule has 4 rings (SSSR count). The monoisotopic (exact) mass is 291 g/mol. The molecule has 0 amide bonds. The van der Waals surface area contributed by atoms with E-state index >= 15 is 0 Å². The van der Waals surface area contributed by atoms with Crippen LogP contribution in [0.15, 0.2) is 60.3 Å². The van der Waals surface area contributed by atoms with Crippen molar-refractivity contribution in [2.45, 2.75) is 13.0 Å². The number of para-hydroxylation sites is 2. The Hall–Kier alpha value is -2.75. The predicted octanol–water partition coefficient (Wildman–Crippen LogP) is 3.96. The van der Waals surface area contributed by atoms with Crippen LogP contribution in [0.1, 0.15) is 18.5 Å². The van der Waals surface area contributed by atoms with Gasteiger partial charge in [-0.3, -0.25) is 4.57 Å². The van der Waals surface area contributed by atoms with Crippen molar-refractivity contribution in [1.82, 2.24) is 9.55 Å². The van der Waals surface area contributed by atoms with Crippen LogP contribution in [0.2, 0.25) is 0 Å². The number of methoxy groups -OCH3 is 1. The maximum atomic E-state index is 5.26. The number of benzene rings is 2. The van der Waals surface area contributed by atoms with Crippen LogP contribution in [0.5, 0.6) is 5.75 Å². The van der Waals surface area contributed by atoms with Gasteiger partial charge in [0.15, 0.2) is 0 Å². The minimum atomic E-state index is 0.134. The first-order valence-electron chi connectivity index (χ1n) is 7.32. The van der Waals surface area contributed by atoms with E-state index in [0.717, 1.165) is 28.4 Å². The highest BCUT2D eigenvalue weighted by Gasteiger charge is 2.23. The Morgan fingerprint density at radius 2 is 1.86 bits per heavy atom. The van der Waals surface area contributed by atoms with Crippen molar-refractivity contribution >= 4 is 17.0 Å². The minimum Gasteiger partial charge on any atom is -0.497 e. The zero-order valence-corrected chi connectivity index (χ0v) is 12.6. The van der Waals surface area contributed by atoms with Gasteiger partial charge in [0.25, 0.3) is 0 Å². The van der Waals surface area contributed by atoms with Crippen LogP contribution in [-0.4, -0.2) is 16.7 Å². The summed E-state index contributed by atoms with van der Waals surface area (Å²) in [6.45, 7) is 2.07. The van der Waals surface area contributed by atoms with Crippen LogP contribution in [0, 0.1) is 0 Å². The molecular formula is C18H17N3O. The topological polar surface area (TPSA) is 39.1 Å². The summed E-state index contributed by atoms with van der Waals surface area (Å²) in [5, 5.41) is 3.36. The van der Waals surface area contributed by atoms with Gasteiger partial charge in [-0.15, -0.1) is 0 Å². The van der Waals surface area contributed by atoms with E-state index in [-0.39, 0.29) is 6.04 Å². The van der Waals surface area contributed by atoms with Gasteiger partial charge in [0.05, 0.1) is 24.2 Å². The molecule has 22 heavy (non-hydrogen) atoms. The fraction of sp³-hybridized carbons (Fsp3) is 0.167.